The quantitative estimate of drug-likeness (QED) is 0.625. The molecule has 2 amide bonds. The number of nitrogens with one attached hydrogen (secondary N) is 1. The van der Waals surface area contributed by atoms with Crippen LogP contribution in [0.3, 0.4) is 0 Å². The van der Waals surface area contributed by atoms with Crippen LogP contribution in [0.15, 0.2) is 53.4 Å². The van der Waals surface area contributed by atoms with Gasteiger partial charge in [-0.05, 0) is 54.6 Å². The van der Waals surface area contributed by atoms with Crippen LogP contribution in [0.2, 0.25) is 0 Å². The van der Waals surface area contributed by atoms with Crippen molar-refractivity contribution >= 4 is 40.6 Å². The molecule has 0 atom stereocenters. The van der Waals surface area contributed by atoms with Crippen LogP contribution in [0, 0.1) is 6.92 Å². The molecule has 2 aromatic carbocycles. The molecule has 0 unspecified atom stereocenters. The van der Waals surface area contributed by atoms with E-state index in [2.05, 4.69) is 10.1 Å². The highest BCUT2D eigenvalue weighted by Gasteiger charge is 2.34. The molecule has 7 heteroatoms. The topological polar surface area (TPSA) is 75.7 Å². The Morgan fingerprint density at radius 2 is 1.78 bits per heavy atom. The van der Waals surface area contributed by atoms with Gasteiger partial charge < -0.3 is 10.1 Å². The van der Waals surface area contributed by atoms with E-state index in [-0.39, 0.29) is 17.8 Å². The van der Waals surface area contributed by atoms with Crippen molar-refractivity contribution in [3.63, 3.8) is 0 Å². The summed E-state index contributed by atoms with van der Waals surface area (Å²) in [7, 11) is 1.32. The summed E-state index contributed by atoms with van der Waals surface area (Å²) in [5.41, 5.74) is 3.11. The fourth-order valence-corrected chi connectivity index (χ4v) is 3.30. The van der Waals surface area contributed by atoms with Gasteiger partial charge >= 0.3 is 5.97 Å². The number of carbonyl (C=O) groups is 3. The van der Waals surface area contributed by atoms with Crippen LogP contribution in [-0.4, -0.2) is 35.8 Å². The molecule has 0 spiro atoms. The lowest BCUT2D eigenvalue weighted by Crippen LogP contribution is -2.33. The van der Waals surface area contributed by atoms with Gasteiger partial charge in [0, 0.05) is 5.69 Å². The van der Waals surface area contributed by atoms with E-state index in [1.165, 1.54) is 7.11 Å². The Morgan fingerprint density at radius 1 is 1.11 bits per heavy atom. The Morgan fingerprint density at radius 3 is 2.41 bits per heavy atom. The molecule has 138 valence electrons. The molecule has 2 aromatic rings. The second kappa shape index (κ2) is 8.09. The molecule has 27 heavy (non-hydrogen) atoms. The second-order valence-electron chi connectivity index (χ2n) is 5.92. The minimum atomic E-state index is -0.422. The highest BCUT2D eigenvalue weighted by atomic mass is 32.2. The predicted octanol–water partition coefficient (Wildman–Crippen LogP) is 3.89. The Labute approximate surface area is 161 Å². The van der Waals surface area contributed by atoms with Gasteiger partial charge in [0.1, 0.15) is 0 Å². The van der Waals surface area contributed by atoms with Crippen LogP contribution in [0.5, 0.6) is 0 Å². The lowest BCUT2D eigenvalue weighted by atomic mass is 10.1. The number of hydrogen-bond donors (Lipinski definition) is 1. The van der Waals surface area contributed by atoms with Crippen LogP contribution in [0.25, 0.3) is 6.08 Å². The number of nitrogens with zero attached hydrogens (tertiary/aromatic N) is 1. The summed E-state index contributed by atoms with van der Waals surface area (Å²) in [5, 5.41) is 2.69. The van der Waals surface area contributed by atoms with Gasteiger partial charge in [-0.15, -0.1) is 0 Å². The third-order valence-electron chi connectivity index (χ3n) is 4.00. The Kier molecular flexibility index (Phi) is 5.61. The number of esters is 1. The lowest BCUT2D eigenvalue weighted by molar-refractivity contribution is -0.122. The first-order valence-electron chi connectivity index (χ1n) is 8.22. The number of amides is 2. The zero-order chi connectivity index (χ0) is 19.4. The molecule has 1 fully saturated rings. The largest absolute Gasteiger partial charge is 0.465 e. The molecule has 1 aliphatic heterocycles. The van der Waals surface area contributed by atoms with E-state index in [9.17, 15) is 14.4 Å². The minimum absolute atomic E-state index is 0.0491. The van der Waals surface area contributed by atoms with Crippen LogP contribution >= 0.6 is 11.8 Å². The van der Waals surface area contributed by atoms with Crippen molar-refractivity contribution in [1.29, 1.82) is 0 Å². The zero-order valence-corrected chi connectivity index (χ0v) is 15.7. The number of thioether (sulfide) groups is 1. The number of methoxy groups -OCH3 is 1. The van der Waals surface area contributed by atoms with Crippen molar-refractivity contribution in [1.82, 2.24) is 4.90 Å². The molecule has 0 aromatic heterocycles. The molecular formula is C20H18N2O4S. The van der Waals surface area contributed by atoms with Crippen molar-refractivity contribution < 1.29 is 19.1 Å². The lowest BCUT2D eigenvalue weighted by Gasteiger charge is -2.14. The molecule has 6 nitrogen and oxygen atoms in total. The van der Waals surface area contributed by atoms with Crippen molar-refractivity contribution in [3.05, 3.63) is 70.1 Å². The van der Waals surface area contributed by atoms with Crippen molar-refractivity contribution in [3.8, 4) is 0 Å². The number of ether oxygens (including phenoxy) is 1. The monoisotopic (exact) mass is 382 g/mol. The second-order valence-corrected chi connectivity index (χ2v) is 6.92. The number of hydrogen-bond acceptors (Lipinski definition) is 6. The number of anilines is 1. The highest BCUT2D eigenvalue weighted by Crippen LogP contribution is 2.32. The average Bonchev–Trinajstić information content (AvgIpc) is 2.94. The van der Waals surface area contributed by atoms with Gasteiger partial charge in [0.25, 0.3) is 11.1 Å². The fraction of sp³-hybridized carbons (Fsp3) is 0.150. The molecule has 3 rings (SSSR count). The SMILES string of the molecule is COC(=O)c1ccc(NCN2C(=O)S/C(=C\c3ccc(C)cc3)C2=O)cc1. The van der Waals surface area contributed by atoms with E-state index >= 15 is 0 Å². The molecule has 1 heterocycles. The van der Waals surface area contributed by atoms with E-state index in [4.69, 9.17) is 0 Å². The molecule has 1 aliphatic rings. The molecule has 1 N–H and O–H groups in total. The van der Waals surface area contributed by atoms with Crippen molar-refractivity contribution in [2.45, 2.75) is 6.92 Å². The van der Waals surface area contributed by atoms with Crippen LogP contribution in [0.4, 0.5) is 10.5 Å². The third-order valence-corrected chi connectivity index (χ3v) is 4.90. The van der Waals surface area contributed by atoms with Crippen LogP contribution in [0.1, 0.15) is 21.5 Å². The van der Waals surface area contributed by atoms with E-state index in [1.807, 2.05) is 31.2 Å². The van der Waals surface area contributed by atoms with E-state index < -0.39 is 5.97 Å². The summed E-state index contributed by atoms with van der Waals surface area (Å²) in [5.74, 6) is -0.752. The predicted molar refractivity (Wildman–Crippen MR) is 105 cm³/mol. The van der Waals surface area contributed by atoms with Gasteiger partial charge in [0.2, 0.25) is 0 Å². The van der Waals surface area contributed by atoms with E-state index in [0.29, 0.717) is 16.2 Å². The first kappa shape index (κ1) is 18.7. The fourth-order valence-electron chi connectivity index (χ4n) is 2.46. The normalized spacial score (nSPS) is 15.3. The maximum atomic E-state index is 12.5. The zero-order valence-electron chi connectivity index (χ0n) is 14.9. The Balaban J connectivity index is 1.65. The van der Waals surface area contributed by atoms with Crippen LogP contribution in [-0.2, 0) is 9.53 Å². The number of aryl methyl sites for hydroxylation is 1. The van der Waals surface area contributed by atoms with Gasteiger partial charge in [-0.3, -0.25) is 14.5 Å². The number of rotatable bonds is 5. The molecule has 0 saturated carbocycles. The number of imide groups is 1. The molecule has 0 bridgehead atoms. The van der Waals surface area contributed by atoms with Crippen LogP contribution < -0.4 is 5.32 Å². The third kappa shape index (κ3) is 4.38. The first-order valence-corrected chi connectivity index (χ1v) is 9.04. The Hall–Kier alpha value is -3.06. The first-order chi connectivity index (χ1) is 13.0. The van der Waals surface area contributed by atoms with Crippen molar-refractivity contribution in [2.75, 3.05) is 19.1 Å². The van der Waals surface area contributed by atoms with E-state index in [0.717, 1.165) is 27.8 Å². The summed E-state index contributed by atoms with van der Waals surface area (Å²) in [6.07, 6.45) is 1.72. The Bertz CT molecular complexity index is 905. The standard InChI is InChI=1S/C20H18N2O4S/c1-13-3-5-14(6-4-13)11-17-18(23)22(20(25)27-17)12-21-16-9-7-15(8-10-16)19(24)26-2/h3-11,21H,12H2,1-2H3/b17-11-. The number of benzene rings is 2. The van der Waals surface area contributed by atoms with E-state index in [1.54, 1.807) is 30.3 Å². The molecule has 0 radical (unpaired) electrons. The average molecular weight is 382 g/mol. The summed E-state index contributed by atoms with van der Waals surface area (Å²) >= 11 is 0.923. The summed E-state index contributed by atoms with van der Waals surface area (Å²) in [4.78, 5) is 37.7. The minimum Gasteiger partial charge on any atom is -0.465 e. The highest BCUT2D eigenvalue weighted by molar-refractivity contribution is 8.18. The maximum absolute atomic E-state index is 12.5. The molecular weight excluding hydrogens is 364 g/mol. The number of carbonyl (C=O) groups excluding carboxylic acids is 3. The van der Waals surface area contributed by atoms with Gasteiger partial charge in [-0.2, -0.15) is 0 Å². The molecule has 1 saturated heterocycles. The van der Waals surface area contributed by atoms with Gasteiger partial charge in [-0.25, -0.2) is 4.79 Å². The molecule has 0 aliphatic carbocycles. The smallest absolute Gasteiger partial charge is 0.337 e. The summed E-state index contributed by atoms with van der Waals surface area (Å²) in [6.45, 7) is 2.04. The van der Waals surface area contributed by atoms with Gasteiger partial charge in [0.05, 0.1) is 24.2 Å². The summed E-state index contributed by atoms with van der Waals surface area (Å²) < 4.78 is 4.65. The maximum Gasteiger partial charge on any atom is 0.337 e. The summed E-state index contributed by atoms with van der Waals surface area (Å²) in [6, 6.07) is 14.3. The van der Waals surface area contributed by atoms with Gasteiger partial charge in [-0.1, -0.05) is 29.8 Å². The van der Waals surface area contributed by atoms with Gasteiger partial charge in [0.15, 0.2) is 0 Å². The van der Waals surface area contributed by atoms with Crippen molar-refractivity contribution in [2.24, 2.45) is 0 Å².